The van der Waals surface area contributed by atoms with E-state index in [4.69, 9.17) is 4.74 Å². The molecule has 100 valence electrons. The predicted molar refractivity (Wildman–Crippen MR) is 69.8 cm³/mol. The van der Waals surface area contributed by atoms with Crippen LogP contribution in [0.25, 0.3) is 0 Å². The quantitative estimate of drug-likeness (QED) is 0.761. The molecule has 0 aliphatic carbocycles. The highest BCUT2D eigenvalue weighted by molar-refractivity contribution is 7.13. The molecule has 6 nitrogen and oxygen atoms in total. The van der Waals surface area contributed by atoms with Crippen LogP contribution in [0.4, 0.5) is 5.13 Å². The molecule has 0 fully saturated rings. The molecule has 0 unspecified atom stereocenters. The molecule has 0 saturated carbocycles. The van der Waals surface area contributed by atoms with Gasteiger partial charge in [0, 0.05) is 11.4 Å². The molecule has 1 aromatic rings. The highest BCUT2D eigenvalue weighted by Crippen LogP contribution is 2.15. The van der Waals surface area contributed by atoms with E-state index < -0.39 is 5.97 Å². The number of rotatable bonds is 6. The van der Waals surface area contributed by atoms with Crippen LogP contribution in [0.2, 0.25) is 0 Å². The molecular weight excluding hydrogens is 254 g/mol. The number of ether oxygens (including phenoxy) is 1. The van der Waals surface area contributed by atoms with Gasteiger partial charge in [-0.25, -0.2) is 9.78 Å². The third-order valence-corrected chi connectivity index (χ3v) is 2.64. The first-order valence-electron chi connectivity index (χ1n) is 5.68. The molecule has 0 bridgehead atoms. The maximum absolute atomic E-state index is 11.4. The Bertz CT molecular complexity index is 417. The first kappa shape index (κ1) is 14.4. The van der Waals surface area contributed by atoms with Crippen LogP contribution >= 0.6 is 11.3 Å². The Morgan fingerprint density at radius 3 is 2.83 bits per heavy atom. The van der Waals surface area contributed by atoms with Gasteiger partial charge in [-0.05, 0) is 20.8 Å². The molecular formula is C11H17N3O3S. The zero-order chi connectivity index (χ0) is 13.5. The van der Waals surface area contributed by atoms with Gasteiger partial charge in [0.05, 0.1) is 13.2 Å². The molecule has 0 spiro atoms. The second-order valence-corrected chi connectivity index (χ2v) is 4.69. The lowest BCUT2D eigenvalue weighted by Gasteiger charge is -2.08. The highest BCUT2D eigenvalue weighted by atomic mass is 32.1. The summed E-state index contributed by atoms with van der Waals surface area (Å²) in [5.74, 6) is -0.564. The van der Waals surface area contributed by atoms with Gasteiger partial charge in [0.1, 0.15) is 0 Å². The number of anilines is 1. The monoisotopic (exact) mass is 271 g/mol. The van der Waals surface area contributed by atoms with Crippen LogP contribution in [0.1, 0.15) is 31.3 Å². The van der Waals surface area contributed by atoms with Crippen molar-refractivity contribution >= 4 is 28.3 Å². The maximum atomic E-state index is 11.4. The molecule has 0 saturated heterocycles. The smallest absolute Gasteiger partial charge is 0.357 e. The van der Waals surface area contributed by atoms with E-state index in [9.17, 15) is 9.59 Å². The van der Waals surface area contributed by atoms with Gasteiger partial charge in [0.25, 0.3) is 0 Å². The first-order valence-corrected chi connectivity index (χ1v) is 6.56. The van der Waals surface area contributed by atoms with Gasteiger partial charge in [-0.15, -0.1) is 11.3 Å². The van der Waals surface area contributed by atoms with Gasteiger partial charge in [0.2, 0.25) is 5.91 Å². The normalized spacial score (nSPS) is 10.2. The number of esters is 1. The van der Waals surface area contributed by atoms with Crippen molar-refractivity contribution < 1.29 is 14.3 Å². The van der Waals surface area contributed by atoms with Gasteiger partial charge in [-0.2, -0.15) is 0 Å². The topological polar surface area (TPSA) is 80.3 Å². The zero-order valence-electron chi connectivity index (χ0n) is 10.6. The van der Waals surface area contributed by atoms with Crippen LogP contribution < -0.4 is 10.6 Å². The van der Waals surface area contributed by atoms with Crippen molar-refractivity contribution in [3.05, 3.63) is 11.1 Å². The van der Waals surface area contributed by atoms with Crippen molar-refractivity contribution in [1.29, 1.82) is 0 Å². The van der Waals surface area contributed by atoms with Crippen LogP contribution in [0.15, 0.2) is 5.38 Å². The summed E-state index contributed by atoms with van der Waals surface area (Å²) in [7, 11) is 0. The number of amides is 1. The van der Waals surface area contributed by atoms with E-state index in [1.165, 1.54) is 11.3 Å². The van der Waals surface area contributed by atoms with Crippen molar-refractivity contribution in [2.24, 2.45) is 0 Å². The highest BCUT2D eigenvalue weighted by Gasteiger charge is 2.12. The molecule has 0 aromatic carbocycles. The number of thiazole rings is 1. The average molecular weight is 271 g/mol. The fourth-order valence-electron chi connectivity index (χ4n) is 1.18. The molecule has 0 radical (unpaired) electrons. The maximum Gasteiger partial charge on any atom is 0.357 e. The average Bonchev–Trinajstić information content (AvgIpc) is 2.74. The molecule has 0 aliphatic rings. The summed E-state index contributed by atoms with van der Waals surface area (Å²) in [5.41, 5.74) is 0.258. The number of nitrogens with one attached hydrogen (secondary N) is 2. The Morgan fingerprint density at radius 1 is 1.50 bits per heavy atom. The molecule has 1 heterocycles. The molecule has 1 aromatic heterocycles. The first-order chi connectivity index (χ1) is 8.52. The third-order valence-electron chi connectivity index (χ3n) is 1.84. The van der Waals surface area contributed by atoms with E-state index in [0.29, 0.717) is 11.7 Å². The minimum absolute atomic E-state index is 0.102. The van der Waals surface area contributed by atoms with E-state index in [1.54, 1.807) is 12.3 Å². The molecule has 18 heavy (non-hydrogen) atoms. The van der Waals surface area contributed by atoms with Crippen molar-refractivity contribution in [2.45, 2.75) is 26.8 Å². The molecule has 0 atom stereocenters. The lowest BCUT2D eigenvalue weighted by Crippen LogP contribution is -2.34. The number of carbonyl (C=O) groups excluding carboxylic acids is 2. The Kier molecular flexibility index (Phi) is 5.57. The number of aromatic nitrogens is 1. The Balaban J connectivity index is 2.44. The lowest BCUT2D eigenvalue weighted by atomic mass is 10.4. The summed E-state index contributed by atoms with van der Waals surface area (Å²) in [6.07, 6.45) is 0. The third kappa shape index (κ3) is 4.70. The van der Waals surface area contributed by atoms with Crippen molar-refractivity contribution in [3.8, 4) is 0 Å². The number of carbonyl (C=O) groups is 2. The minimum Gasteiger partial charge on any atom is -0.461 e. The fourth-order valence-corrected chi connectivity index (χ4v) is 1.86. The largest absolute Gasteiger partial charge is 0.461 e. The summed E-state index contributed by atoms with van der Waals surface area (Å²) in [6.45, 7) is 5.96. The summed E-state index contributed by atoms with van der Waals surface area (Å²) in [6, 6.07) is 0.102. The molecule has 2 N–H and O–H groups in total. The zero-order valence-corrected chi connectivity index (χ0v) is 11.5. The van der Waals surface area contributed by atoms with Gasteiger partial charge in [-0.1, -0.05) is 0 Å². The lowest BCUT2D eigenvalue weighted by molar-refractivity contribution is -0.119. The van der Waals surface area contributed by atoms with Gasteiger partial charge in [-0.3, -0.25) is 4.79 Å². The fraction of sp³-hybridized carbons (Fsp3) is 0.545. The second kappa shape index (κ2) is 6.95. The summed E-state index contributed by atoms with van der Waals surface area (Å²) in [5, 5.41) is 7.72. The number of hydrogen-bond donors (Lipinski definition) is 2. The Morgan fingerprint density at radius 2 is 2.22 bits per heavy atom. The second-order valence-electron chi connectivity index (χ2n) is 3.83. The van der Waals surface area contributed by atoms with Crippen LogP contribution in [-0.4, -0.2) is 36.1 Å². The van der Waals surface area contributed by atoms with Crippen molar-refractivity contribution in [3.63, 3.8) is 0 Å². The van der Waals surface area contributed by atoms with Crippen LogP contribution in [-0.2, 0) is 9.53 Å². The van der Waals surface area contributed by atoms with Crippen LogP contribution in [0.3, 0.4) is 0 Å². The van der Waals surface area contributed by atoms with Gasteiger partial charge in [0.15, 0.2) is 10.8 Å². The van der Waals surface area contributed by atoms with Crippen LogP contribution in [0, 0.1) is 0 Å². The summed E-state index contributed by atoms with van der Waals surface area (Å²) < 4.78 is 4.82. The molecule has 1 amide bonds. The molecule has 1 rings (SSSR count). The summed E-state index contributed by atoms with van der Waals surface area (Å²) >= 11 is 1.26. The van der Waals surface area contributed by atoms with E-state index >= 15 is 0 Å². The van der Waals surface area contributed by atoms with Gasteiger partial charge < -0.3 is 15.4 Å². The van der Waals surface area contributed by atoms with Crippen LogP contribution in [0.5, 0.6) is 0 Å². The van der Waals surface area contributed by atoms with Crippen molar-refractivity contribution in [2.75, 3.05) is 18.5 Å². The Hall–Kier alpha value is -1.63. The van der Waals surface area contributed by atoms with E-state index in [2.05, 4.69) is 15.6 Å². The van der Waals surface area contributed by atoms with Gasteiger partial charge >= 0.3 is 5.97 Å². The molecule has 0 aliphatic heterocycles. The minimum atomic E-state index is -0.451. The number of nitrogens with zero attached hydrogens (tertiary/aromatic N) is 1. The van der Waals surface area contributed by atoms with E-state index in [1.807, 2.05) is 13.8 Å². The predicted octanol–water partition coefficient (Wildman–Crippen LogP) is 1.26. The molecule has 7 heteroatoms. The standard InChI is InChI=1S/C11H17N3O3S/c1-4-17-10(16)8-6-18-11(14-8)12-5-9(15)13-7(2)3/h6-7H,4-5H2,1-3H3,(H,12,14)(H,13,15). The summed E-state index contributed by atoms with van der Waals surface area (Å²) in [4.78, 5) is 26.8. The number of hydrogen-bond acceptors (Lipinski definition) is 6. The Labute approximate surface area is 110 Å². The van der Waals surface area contributed by atoms with E-state index in [-0.39, 0.29) is 24.2 Å². The van der Waals surface area contributed by atoms with Crippen molar-refractivity contribution in [1.82, 2.24) is 10.3 Å². The SMILES string of the molecule is CCOC(=O)c1csc(NCC(=O)NC(C)C)n1. The van der Waals surface area contributed by atoms with E-state index in [0.717, 1.165) is 0 Å².